The minimum absolute atomic E-state index is 0.00497. The molecule has 8 nitrogen and oxygen atoms in total. The van der Waals surface area contributed by atoms with Crippen LogP contribution in [0.4, 0.5) is 11.4 Å². The highest BCUT2D eigenvalue weighted by atomic mass is 35.5. The molecule has 172 valence electrons. The number of halogens is 1. The smallest absolute Gasteiger partial charge is 0.270 e. The van der Waals surface area contributed by atoms with Gasteiger partial charge in [0, 0.05) is 43.5 Å². The molecule has 0 saturated carbocycles. The van der Waals surface area contributed by atoms with Crippen LogP contribution < -0.4 is 4.90 Å². The van der Waals surface area contributed by atoms with Crippen LogP contribution in [0.2, 0.25) is 5.02 Å². The molecule has 3 rings (SSSR count). The molecule has 1 fully saturated rings. The second kappa shape index (κ2) is 9.87. The molecule has 2 aromatic carbocycles. The first-order valence-electron chi connectivity index (χ1n) is 10.4. The number of hydrogen-bond acceptors (Lipinski definition) is 6. The Morgan fingerprint density at radius 2 is 1.81 bits per heavy atom. The van der Waals surface area contributed by atoms with E-state index in [1.54, 1.807) is 0 Å². The monoisotopic (exact) mass is 479 g/mol. The van der Waals surface area contributed by atoms with Crippen molar-refractivity contribution in [3.05, 3.63) is 68.7 Å². The number of carbonyl (C=O) groups excluding carboxylic acids is 1. The first-order chi connectivity index (χ1) is 15.1. The normalized spacial score (nSPS) is 17.2. The number of nitrogens with zero attached hydrogens (tertiary/aromatic N) is 3. The lowest BCUT2D eigenvalue weighted by atomic mass is 10.1. The van der Waals surface area contributed by atoms with Crippen molar-refractivity contribution < 1.29 is 18.1 Å². The van der Waals surface area contributed by atoms with Crippen molar-refractivity contribution in [2.45, 2.75) is 32.9 Å². The molecule has 1 heterocycles. The van der Waals surface area contributed by atoms with Crippen molar-refractivity contribution in [1.29, 1.82) is 0 Å². The van der Waals surface area contributed by atoms with Crippen LogP contribution in [0.15, 0.2) is 42.5 Å². The molecule has 0 aromatic heterocycles. The molecule has 0 aliphatic carbocycles. The molecule has 32 heavy (non-hydrogen) atoms. The third-order valence-electron chi connectivity index (χ3n) is 5.72. The van der Waals surface area contributed by atoms with Crippen molar-refractivity contribution in [3.8, 4) is 0 Å². The SMILES string of the molecule is CCN(CC)c1ccc(CN(C(=O)c2cc([N+](=O)[O-])ccc2Cl)C2CCS(=O)(=O)C2)cc1. The summed E-state index contributed by atoms with van der Waals surface area (Å²) in [5.74, 6) is -0.651. The molecular weight excluding hydrogens is 454 g/mol. The quantitative estimate of drug-likeness (QED) is 0.420. The first-order valence-corrected chi connectivity index (χ1v) is 12.6. The summed E-state index contributed by atoms with van der Waals surface area (Å²) in [6.45, 7) is 6.05. The van der Waals surface area contributed by atoms with E-state index in [0.29, 0.717) is 6.42 Å². The Bertz CT molecular complexity index is 1100. The Morgan fingerprint density at radius 1 is 1.16 bits per heavy atom. The number of sulfone groups is 1. The van der Waals surface area contributed by atoms with Crippen LogP contribution >= 0.6 is 11.6 Å². The van der Waals surface area contributed by atoms with Crippen molar-refractivity contribution >= 4 is 38.7 Å². The Hall–Kier alpha value is -2.65. The van der Waals surface area contributed by atoms with Gasteiger partial charge in [0.25, 0.3) is 11.6 Å². The predicted molar refractivity (Wildman–Crippen MR) is 125 cm³/mol. The average Bonchev–Trinajstić information content (AvgIpc) is 3.13. The Morgan fingerprint density at radius 3 is 2.34 bits per heavy atom. The van der Waals surface area contributed by atoms with E-state index in [0.717, 1.165) is 30.4 Å². The Kier molecular flexibility index (Phi) is 7.40. The number of amides is 1. The van der Waals surface area contributed by atoms with Gasteiger partial charge >= 0.3 is 0 Å². The maximum absolute atomic E-state index is 13.4. The van der Waals surface area contributed by atoms with Crippen LogP contribution in [0.1, 0.15) is 36.2 Å². The number of non-ortho nitro benzene ring substituents is 1. The molecule has 0 radical (unpaired) electrons. The highest BCUT2D eigenvalue weighted by Crippen LogP contribution is 2.28. The fraction of sp³-hybridized carbons (Fsp3) is 0.409. The molecule has 1 aliphatic heterocycles. The maximum Gasteiger partial charge on any atom is 0.270 e. The molecule has 1 unspecified atom stereocenters. The van der Waals surface area contributed by atoms with Crippen LogP contribution in [-0.2, 0) is 16.4 Å². The topological polar surface area (TPSA) is 101 Å². The van der Waals surface area contributed by atoms with Crippen molar-refractivity contribution in [2.24, 2.45) is 0 Å². The Labute approximate surface area is 192 Å². The second-order valence-corrected chi connectivity index (χ2v) is 10.4. The van der Waals surface area contributed by atoms with E-state index >= 15 is 0 Å². The summed E-state index contributed by atoms with van der Waals surface area (Å²) in [5.41, 5.74) is 1.63. The fourth-order valence-electron chi connectivity index (χ4n) is 3.93. The number of rotatable bonds is 8. The van der Waals surface area contributed by atoms with Gasteiger partial charge in [0.05, 0.1) is 27.0 Å². The lowest BCUT2D eigenvalue weighted by Crippen LogP contribution is -2.40. The maximum atomic E-state index is 13.4. The van der Waals surface area contributed by atoms with Gasteiger partial charge < -0.3 is 9.80 Å². The van der Waals surface area contributed by atoms with Crippen molar-refractivity contribution in [1.82, 2.24) is 4.90 Å². The van der Waals surface area contributed by atoms with Gasteiger partial charge in [-0.05, 0) is 44.0 Å². The van der Waals surface area contributed by atoms with E-state index in [1.807, 2.05) is 24.3 Å². The molecule has 0 spiro atoms. The number of hydrogen-bond donors (Lipinski definition) is 0. The lowest BCUT2D eigenvalue weighted by molar-refractivity contribution is -0.384. The summed E-state index contributed by atoms with van der Waals surface area (Å²) in [5, 5.41) is 11.3. The van der Waals surface area contributed by atoms with E-state index in [9.17, 15) is 23.3 Å². The zero-order chi connectivity index (χ0) is 23.5. The van der Waals surface area contributed by atoms with Crippen LogP contribution in [0.25, 0.3) is 0 Å². The molecular formula is C22H26ClN3O5S. The summed E-state index contributed by atoms with van der Waals surface area (Å²) < 4.78 is 24.2. The molecule has 0 N–H and O–H groups in total. The third kappa shape index (κ3) is 5.39. The van der Waals surface area contributed by atoms with Gasteiger partial charge in [0.1, 0.15) is 0 Å². The Balaban J connectivity index is 1.94. The van der Waals surface area contributed by atoms with Crippen LogP contribution in [0, 0.1) is 10.1 Å². The van der Waals surface area contributed by atoms with E-state index in [-0.39, 0.29) is 34.3 Å². The summed E-state index contributed by atoms with van der Waals surface area (Å²) in [6.07, 6.45) is 0.318. The molecule has 1 amide bonds. The number of carbonyl (C=O) groups is 1. The summed E-state index contributed by atoms with van der Waals surface area (Å²) in [7, 11) is -3.25. The highest BCUT2D eigenvalue weighted by Gasteiger charge is 2.36. The van der Waals surface area contributed by atoms with Crippen LogP contribution in [0.5, 0.6) is 0 Å². The van der Waals surface area contributed by atoms with Crippen LogP contribution in [0.3, 0.4) is 0 Å². The standard InChI is InChI=1S/C22H26ClN3O5S/c1-3-24(4-2)17-7-5-16(6-8-17)14-25(19-11-12-32(30,31)15-19)22(27)20-13-18(26(28)29)9-10-21(20)23/h5-10,13,19H,3-4,11-12,14-15H2,1-2H3. The van der Waals surface area contributed by atoms with Gasteiger partial charge in [0.15, 0.2) is 9.84 Å². The molecule has 0 bridgehead atoms. The van der Waals surface area contributed by atoms with E-state index in [2.05, 4.69) is 18.7 Å². The minimum atomic E-state index is -3.25. The van der Waals surface area contributed by atoms with Gasteiger partial charge in [-0.25, -0.2) is 8.42 Å². The average molecular weight is 480 g/mol. The van der Waals surface area contributed by atoms with Crippen LogP contribution in [-0.4, -0.2) is 54.8 Å². The van der Waals surface area contributed by atoms with Gasteiger partial charge in [-0.15, -0.1) is 0 Å². The summed E-state index contributed by atoms with van der Waals surface area (Å²) in [6, 6.07) is 10.9. The van der Waals surface area contributed by atoms with E-state index in [1.165, 1.54) is 17.0 Å². The second-order valence-electron chi connectivity index (χ2n) is 7.75. The summed E-state index contributed by atoms with van der Waals surface area (Å²) in [4.78, 5) is 27.7. The third-order valence-corrected chi connectivity index (χ3v) is 7.80. The van der Waals surface area contributed by atoms with E-state index < -0.39 is 26.7 Å². The first kappa shape index (κ1) is 24.0. The highest BCUT2D eigenvalue weighted by molar-refractivity contribution is 7.91. The molecule has 1 aliphatic rings. The number of nitro groups is 1. The molecule has 1 saturated heterocycles. The largest absolute Gasteiger partial charge is 0.372 e. The molecule has 10 heteroatoms. The predicted octanol–water partition coefficient (Wildman–Crippen LogP) is 3.92. The number of benzene rings is 2. The summed E-state index contributed by atoms with van der Waals surface area (Å²) >= 11 is 6.20. The van der Waals surface area contributed by atoms with Crippen molar-refractivity contribution in [3.63, 3.8) is 0 Å². The van der Waals surface area contributed by atoms with Gasteiger partial charge in [-0.3, -0.25) is 14.9 Å². The minimum Gasteiger partial charge on any atom is -0.372 e. The number of nitro benzene ring substituents is 1. The fourth-order valence-corrected chi connectivity index (χ4v) is 5.86. The lowest BCUT2D eigenvalue weighted by Gasteiger charge is -2.29. The zero-order valence-corrected chi connectivity index (χ0v) is 19.6. The van der Waals surface area contributed by atoms with Gasteiger partial charge in [0.2, 0.25) is 0 Å². The molecule has 1 atom stereocenters. The van der Waals surface area contributed by atoms with Crippen molar-refractivity contribution in [2.75, 3.05) is 29.5 Å². The number of anilines is 1. The van der Waals surface area contributed by atoms with Gasteiger partial charge in [-0.2, -0.15) is 0 Å². The van der Waals surface area contributed by atoms with Gasteiger partial charge in [-0.1, -0.05) is 23.7 Å². The zero-order valence-electron chi connectivity index (χ0n) is 18.0. The van der Waals surface area contributed by atoms with E-state index in [4.69, 9.17) is 11.6 Å². The molecule has 2 aromatic rings.